The van der Waals surface area contributed by atoms with Gasteiger partial charge in [-0.2, -0.15) is 0 Å². The summed E-state index contributed by atoms with van der Waals surface area (Å²) in [6, 6.07) is 6.91. The summed E-state index contributed by atoms with van der Waals surface area (Å²) in [5, 5.41) is 0.580. The lowest BCUT2D eigenvalue weighted by molar-refractivity contribution is 0.0697. The Morgan fingerprint density at radius 1 is 1.24 bits per heavy atom. The van der Waals surface area contributed by atoms with E-state index in [2.05, 4.69) is 11.9 Å². The van der Waals surface area contributed by atoms with Crippen LogP contribution >= 0.6 is 0 Å². The van der Waals surface area contributed by atoms with Crippen molar-refractivity contribution in [1.29, 1.82) is 0 Å². The average Bonchev–Trinajstić information content (AvgIpc) is 2.47. The van der Waals surface area contributed by atoms with Crippen LogP contribution in [0.5, 0.6) is 0 Å². The minimum absolute atomic E-state index is 0.0313. The first-order valence-corrected chi connectivity index (χ1v) is 7.47. The van der Waals surface area contributed by atoms with Gasteiger partial charge in [-0.25, -0.2) is 0 Å². The monoisotopic (exact) mass is 284 g/mol. The molecule has 110 valence electrons. The third-order valence-corrected chi connectivity index (χ3v) is 4.28. The highest BCUT2D eigenvalue weighted by molar-refractivity contribution is 5.98. The van der Waals surface area contributed by atoms with E-state index < -0.39 is 0 Å². The van der Waals surface area contributed by atoms with Crippen LogP contribution in [-0.4, -0.2) is 28.9 Å². The molecule has 0 atom stereocenters. The standard InChI is InChI=1S/C17H20N2O2/c1-11-5-7-19(8-6-11)17(21)13-3-4-15-14(10-13)16(20)9-12(2)18-15/h3-4,9-11H,5-8H2,1-2H3,(H,18,20). The van der Waals surface area contributed by atoms with Crippen LogP contribution in [0.4, 0.5) is 0 Å². The molecule has 0 aliphatic carbocycles. The molecule has 1 aliphatic rings. The Bertz CT molecular complexity index is 740. The van der Waals surface area contributed by atoms with Crippen LogP contribution in [0.3, 0.4) is 0 Å². The molecule has 1 aromatic carbocycles. The Balaban J connectivity index is 1.94. The van der Waals surface area contributed by atoms with E-state index in [9.17, 15) is 9.59 Å². The quantitative estimate of drug-likeness (QED) is 0.875. The highest BCUT2D eigenvalue weighted by Crippen LogP contribution is 2.19. The van der Waals surface area contributed by atoms with E-state index in [0.29, 0.717) is 16.9 Å². The highest BCUT2D eigenvalue weighted by atomic mass is 16.2. The van der Waals surface area contributed by atoms with Crippen LogP contribution in [0.25, 0.3) is 10.9 Å². The van der Waals surface area contributed by atoms with Gasteiger partial charge >= 0.3 is 0 Å². The lowest BCUT2D eigenvalue weighted by atomic mass is 9.98. The fraction of sp³-hybridized carbons (Fsp3) is 0.412. The number of carbonyl (C=O) groups excluding carboxylic acids is 1. The van der Waals surface area contributed by atoms with E-state index >= 15 is 0 Å². The number of fused-ring (bicyclic) bond motifs is 1. The van der Waals surface area contributed by atoms with Crippen LogP contribution in [-0.2, 0) is 0 Å². The summed E-state index contributed by atoms with van der Waals surface area (Å²) in [5.41, 5.74) is 2.18. The first-order chi connectivity index (χ1) is 10.0. The molecule has 2 aromatic rings. The number of aromatic amines is 1. The van der Waals surface area contributed by atoms with Gasteiger partial charge in [-0.3, -0.25) is 9.59 Å². The Morgan fingerprint density at radius 3 is 2.67 bits per heavy atom. The van der Waals surface area contributed by atoms with Crippen LogP contribution < -0.4 is 5.43 Å². The van der Waals surface area contributed by atoms with Gasteiger partial charge in [0.15, 0.2) is 5.43 Å². The number of pyridine rings is 1. The van der Waals surface area contributed by atoms with Gasteiger partial charge in [0.05, 0.1) is 0 Å². The summed E-state index contributed by atoms with van der Waals surface area (Å²) in [7, 11) is 0. The number of carbonyl (C=O) groups is 1. The van der Waals surface area contributed by atoms with Crippen molar-refractivity contribution < 1.29 is 4.79 Å². The number of hydrogen-bond donors (Lipinski definition) is 1. The minimum Gasteiger partial charge on any atom is -0.358 e. The Morgan fingerprint density at radius 2 is 1.95 bits per heavy atom. The highest BCUT2D eigenvalue weighted by Gasteiger charge is 2.21. The fourth-order valence-corrected chi connectivity index (χ4v) is 2.91. The van der Waals surface area contributed by atoms with E-state index in [0.717, 1.165) is 37.1 Å². The molecule has 0 unspecified atom stereocenters. The zero-order chi connectivity index (χ0) is 15.0. The number of aryl methyl sites for hydroxylation is 1. The van der Waals surface area contributed by atoms with Crippen molar-refractivity contribution in [1.82, 2.24) is 9.88 Å². The summed E-state index contributed by atoms with van der Waals surface area (Å²) < 4.78 is 0. The van der Waals surface area contributed by atoms with Crippen molar-refractivity contribution in [2.24, 2.45) is 5.92 Å². The molecule has 1 aliphatic heterocycles. The van der Waals surface area contributed by atoms with Crippen LogP contribution in [0.1, 0.15) is 35.8 Å². The summed E-state index contributed by atoms with van der Waals surface area (Å²) >= 11 is 0. The molecule has 4 heteroatoms. The van der Waals surface area contributed by atoms with E-state index in [-0.39, 0.29) is 11.3 Å². The molecule has 4 nitrogen and oxygen atoms in total. The number of benzene rings is 1. The van der Waals surface area contributed by atoms with Crippen molar-refractivity contribution in [3.05, 3.63) is 45.7 Å². The third-order valence-electron chi connectivity index (χ3n) is 4.28. The predicted octanol–water partition coefficient (Wildman–Crippen LogP) is 2.71. The first-order valence-electron chi connectivity index (χ1n) is 7.47. The van der Waals surface area contributed by atoms with Gasteiger partial charge in [0.1, 0.15) is 0 Å². The van der Waals surface area contributed by atoms with Crippen molar-refractivity contribution in [2.75, 3.05) is 13.1 Å². The van der Waals surface area contributed by atoms with E-state index in [4.69, 9.17) is 0 Å². The van der Waals surface area contributed by atoms with Crippen LogP contribution in [0.2, 0.25) is 0 Å². The number of nitrogens with zero attached hydrogens (tertiary/aromatic N) is 1. The van der Waals surface area contributed by atoms with Crippen LogP contribution in [0, 0.1) is 12.8 Å². The number of aromatic nitrogens is 1. The summed E-state index contributed by atoms with van der Waals surface area (Å²) in [6.45, 7) is 5.69. The number of amides is 1. The molecular weight excluding hydrogens is 264 g/mol. The normalized spacial score (nSPS) is 16.4. The van der Waals surface area contributed by atoms with Crippen molar-refractivity contribution in [2.45, 2.75) is 26.7 Å². The van der Waals surface area contributed by atoms with Gasteiger partial charge in [-0.1, -0.05) is 6.92 Å². The molecule has 1 aromatic heterocycles. The van der Waals surface area contributed by atoms with Gasteiger partial charge in [-0.05, 0) is 43.9 Å². The van der Waals surface area contributed by atoms with E-state index in [1.165, 1.54) is 0 Å². The average molecular weight is 284 g/mol. The topological polar surface area (TPSA) is 53.2 Å². The Kier molecular flexibility index (Phi) is 3.53. The maximum Gasteiger partial charge on any atom is 0.253 e. The summed E-state index contributed by atoms with van der Waals surface area (Å²) in [6.07, 6.45) is 2.11. The molecule has 0 radical (unpaired) electrons. The SMILES string of the molecule is Cc1cc(=O)c2cc(C(=O)N3CCC(C)CC3)ccc2[nH]1. The zero-order valence-electron chi connectivity index (χ0n) is 12.5. The van der Waals surface area contributed by atoms with Gasteiger partial charge < -0.3 is 9.88 Å². The fourth-order valence-electron chi connectivity index (χ4n) is 2.91. The molecule has 0 bridgehead atoms. The van der Waals surface area contributed by atoms with Gasteiger partial charge in [0.2, 0.25) is 0 Å². The molecule has 0 saturated carbocycles. The number of rotatable bonds is 1. The molecule has 2 heterocycles. The Labute approximate surface area is 123 Å². The van der Waals surface area contributed by atoms with Gasteiger partial charge in [0.25, 0.3) is 5.91 Å². The number of H-pyrrole nitrogens is 1. The molecule has 0 spiro atoms. The molecular formula is C17H20N2O2. The molecule has 3 rings (SSSR count). The number of hydrogen-bond acceptors (Lipinski definition) is 2. The third kappa shape index (κ3) is 2.71. The number of nitrogens with one attached hydrogen (secondary N) is 1. The maximum absolute atomic E-state index is 12.5. The molecule has 1 amide bonds. The second kappa shape index (κ2) is 5.35. The zero-order valence-corrected chi connectivity index (χ0v) is 12.5. The van der Waals surface area contributed by atoms with Crippen molar-refractivity contribution in [3.63, 3.8) is 0 Å². The van der Waals surface area contributed by atoms with Gasteiger partial charge in [-0.15, -0.1) is 0 Å². The predicted molar refractivity (Wildman–Crippen MR) is 83.6 cm³/mol. The van der Waals surface area contributed by atoms with E-state index in [1.54, 1.807) is 18.2 Å². The lowest BCUT2D eigenvalue weighted by Gasteiger charge is -2.30. The molecule has 1 fully saturated rings. The lowest BCUT2D eigenvalue weighted by Crippen LogP contribution is -2.37. The maximum atomic E-state index is 12.5. The Hall–Kier alpha value is -2.10. The second-order valence-corrected chi connectivity index (χ2v) is 6.05. The van der Waals surface area contributed by atoms with Crippen LogP contribution in [0.15, 0.2) is 29.1 Å². The molecule has 1 N–H and O–H groups in total. The number of likely N-dealkylation sites (tertiary alicyclic amines) is 1. The number of piperidine rings is 1. The van der Waals surface area contributed by atoms with Crippen molar-refractivity contribution >= 4 is 16.8 Å². The van der Waals surface area contributed by atoms with E-state index in [1.807, 2.05) is 17.9 Å². The molecule has 21 heavy (non-hydrogen) atoms. The summed E-state index contributed by atoms with van der Waals surface area (Å²) in [4.78, 5) is 29.6. The van der Waals surface area contributed by atoms with Gasteiger partial charge in [0, 0.05) is 41.3 Å². The second-order valence-electron chi connectivity index (χ2n) is 6.05. The largest absolute Gasteiger partial charge is 0.358 e. The smallest absolute Gasteiger partial charge is 0.253 e. The molecule has 1 saturated heterocycles. The first kappa shape index (κ1) is 13.9. The minimum atomic E-state index is -0.0387. The van der Waals surface area contributed by atoms with Crippen molar-refractivity contribution in [3.8, 4) is 0 Å². The summed E-state index contributed by atoms with van der Waals surface area (Å²) in [5.74, 6) is 0.722.